The second-order valence-electron chi connectivity index (χ2n) is 6.35. The quantitative estimate of drug-likeness (QED) is 0.795. The summed E-state index contributed by atoms with van der Waals surface area (Å²) in [6.45, 7) is -0.0118. The lowest BCUT2D eigenvalue weighted by atomic mass is 10.1. The molecule has 0 aliphatic carbocycles. The Labute approximate surface area is 164 Å². The van der Waals surface area contributed by atoms with Crippen LogP contribution in [0, 0.1) is 0 Å². The summed E-state index contributed by atoms with van der Waals surface area (Å²) in [7, 11) is -1.58. The molecule has 0 unspecified atom stereocenters. The number of carbonyl (C=O) groups excluding carboxylic acids is 1. The fourth-order valence-corrected chi connectivity index (χ4v) is 5.07. The Bertz CT molecular complexity index is 919. The highest BCUT2D eigenvalue weighted by Gasteiger charge is 2.35. The summed E-state index contributed by atoms with van der Waals surface area (Å²) in [6, 6.07) is 13.9. The van der Waals surface area contributed by atoms with Crippen LogP contribution in [-0.4, -0.2) is 45.5 Å². The number of rotatable bonds is 6. The molecule has 1 N–H and O–H groups in total. The van der Waals surface area contributed by atoms with Gasteiger partial charge >= 0.3 is 0 Å². The van der Waals surface area contributed by atoms with Crippen LogP contribution in [0.15, 0.2) is 48.5 Å². The minimum Gasteiger partial charge on any atom is -0.495 e. The molecule has 1 atom stereocenters. The molecule has 1 aliphatic rings. The van der Waals surface area contributed by atoms with Crippen molar-refractivity contribution in [3.05, 3.63) is 53.6 Å². The van der Waals surface area contributed by atoms with Crippen molar-refractivity contribution in [3.63, 3.8) is 0 Å². The van der Waals surface area contributed by atoms with E-state index in [2.05, 4.69) is 5.32 Å². The van der Waals surface area contributed by atoms with E-state index >= 15 is 0 Å². The SMILES string of the molecule is COc1ccc(Cl)cc1NCC(=O)N(c1ccccc1)[C@H]1CCS(=O)(=O)C1. The maximum absolute atomic E-state index is 13.0. The van der Waals surface area contributed by atoms with Gasteiger partial charge in [0.2, 0.25) is 5.91 Å². The van der Waals surface area contributed by atoms with Gasteiger partial charge in [-0.1, -0.05) is 29.8 Å². The molecule has 1 aliphatic heterocycles. The lowest BCUT2D eigenvalue weighted by Crippen LogP contribution is -2.44. The number of hydrogen-bond acceptors (Lipinski definition) is 5. The first-order valence-corrected chi connectivity index (χ1v) is 10.7. The number of amides is 1. The summed E-state index contributed by atoms with van der Waals surface area (Å²) in [6.07, 6.45) is 0.434. The smallest absolute Gasteiger partial charge is 0.246 e. The predicted molar refractivity (Wildman–Crippen MR) is 107 cm³/mol. The van der Waals surface area contributed by atoms with Crippen LogP contribution in [0.1, 0.15) is 6.42 Å². The molecule has 0 bridgehead atoms. The Morgan fingerprint density at radius 2 is 2.00 bits per heavy atom. The standard InChI is InChI=1S/C19H21ClN2O4S/c1-26-18-8-7-14(20)11-17(18)21-12-19(23)22(15-5-3-2-4-6-15)16-9-10-27(24,25)13-16/h2-8,11,16,21H,9-10,12-13H2,1H3/t16-/m0/s1. The number of nitrogens with zero attached hydrogens (tertiary/aromatic N) is 1. The molecule has 1 amide bonds. The summed E-state index contributed by atoms with van der Waals surface area (Å²) >= 11 is 6.02. The number of hydrogen-bond donors (Lipinski definition) is 1. The largest absolute Gasteiger partial charge is 0.495 e. The van der Waals surface area contributed by atoms with E-state index in [1.807, 2.05) is 30.3 Å². The summed E-state index contributed by atoms with van der Waals surface area (Å²) in [5.41, 5.74) is 1.29. The van der Waals surface area contributed by atoms with E-state index in [0.717, 1.165) is 0 Å². The second-order valence-corrected chi connectivity index (χ2v) is 9.02. The molecule has 27 heavy (non-hydrogen) atoms. The van der Waals surface area contributed by atoms with Crippen LogP contribution < -0.4 is 15.0 Å². The van der Waals surface area contributed by atoms with Crippen LogP contribution in [0.4, 0.5) is 11.4 Å². The van der Waals surface area contributed by atoms with E-state index < -0.39 is 9.84 Å². The first-order chi connectivity index (χ1) is 12.9. The average Bonchev–Trinajstić information content (AvgIpc) is 3.00. The summed E-state index contributed by atoms with van der Waals surface area (Å²) in [4.78, 5) is 14.6. The number of ether oxygens (including phenoxy) is 1. The zero-order chi connectivity index (χ0) is 19.4. The first kappa shape index (κ1) is 19.5. The van der Waals surface area contributed by atoms with Crippen LogP contribution in [0.2, 0.25) is 5.02 Å². The van der Waals surface area contributed by atoms with Crippen molar-refractivity contribution in [3.8, 4) is 5.75 Å². The Morgan fingerprint density at radius 1 is 1.26 bits per heavy atom. The molecular formula is C19H21ClN2O4S. The number of methoxy groups -OCH3 is 1. The molecule has 1 heterocycles. The number of halogens is 1. The Balaban J connectivity index is 1.81. The van der Waals surface area contributed by atoms with Crippen LogP contribution >= 0.6 is 11.6 Å². The molecule has 0 radical (unpaired) electrons. The van der Waals surface area contributed by atoms with Gasteiger partial charge in [-0.3, -0.25) is 4.79 Å². The van der Waals surface area contributed by atoms with Gasteiger partial charge in [0.25, 0.3) is 0 Å². The average molecular weight is 409 g/mol. The molecule has 3 rings (SSSR count). The Hall–Kier alpha value is -2.25. The van der Waals surface area contributed by atoms with Crippen LogP contribution in [0.5, 0.6) is 5.75 Å². The van der Waals surface area contributed by atoms with Crippen molar-refractivity contribution in [2.75, 3.05) is 35.4 Å². The normalized spacial score (nSPS) is 18.1. The summed E-state index contributed by atoms with van der Waals surface area (Å²) < 4.78 is 29.1. The highest BCUT2D eigenvalue weighted by Crippen LogP contribution is 2.28. The fraction of sp³-hybridized carbons (Fsp3) is 0.316. The third-order valence-electron chi connectivity index (χ3n) is 4.47. The molecule has 2 aromatic carbocycles. The molecule has 8 heteroatoms. The third kappa shape index (κ3) is 4.73. The van der Waals surface area contributed by atoms with E-state index in [9.17, 15) is 13.2 Å². The van der Waals surface area contributed by atoms with E-state index in [0.29, 0.717) is 28.6 Å². The zero-order valence-electron chi connectivity index (χ0n) is 14.9. The molecule has 1 fully saturated rings. The molecule has 1 saturated heterocycles. The number of anilines is 2. The molecular weight excluding hydrogens is 388 g/mol. The Kier molecular flexibility index (Phi) is 5.92. The van der Waals surface area contributed by atoms with Gasteiger partial charge in [-0.05, 0) is 36.8 Å². The number of nitrogens with one attached hydrogen (secondary N) is 1. The van der Waals surface area contributed by atoms with Crippen molar-refractivity contribution in [2.45, 2.75) is 12.5 Å². The number of benzene rings is 2. The van der Waals surface area contributed by atoms with Crippen LogP contribution in [0.3, 0.4) is 0 Å². The third-order valence-corrected chi connectivity index (χ3v) is 6.45. The second kappa shape index (κ2) is 8.19. The summed E-state index contributed by atoms with van der Waals surface area (Å²) in [5, 5.41) is 3.57. The van der Waals surface area contributed by atoms with Gasteiger partial charge in [-0.2, -0.15) is 0 Å². The van der Waals surface area contributed by atoms with Crippen molar-refractivity contribution >= 4 is 38.7 Å². The van der Waals surface area contributed by atoms with Gasteiger partial charge in [-0.25, -0.2) is 8.42 Å². The predicted octanol–water partition coefficient (Wildman–Crippen LogP) is 2.98. The minimum absolute atomic E-state index is 0.0118. The monoisotopic (exact) mass is 408 g/mol. The van der Waals surface area contributed by atoms with Gasteiger partial charge < -0.3 is 15.0 Å². The maximum atomic E-state index is 13.0. The maximum Gasteiger partial charge on any atom is 0.246 e. The van der Waals surface area contributed by atoms with E-state index in [1.165, 1.54) is 7.11 Å². The minimum atomic E-state index is -3.12. The molecule has 0 aromatic heterocycles. The van der Waals surface area contributed by atoms with Gasteiger partial charge in [0.1, 0.15) is 5.75 Å². The van der Waals surface area contributed by atoms with Crippen molar-refractivity contribution in [2.24, 2.45) is 0 Å². The zero-order valence-corrected chi connectivity index (χ0v) is 16.5. The summed E-state index contributed by atoms with van der Waals surface area (Å²) in [5.74, 6) is 0.435. The molecule has 6 nitrogen and oxygen atoms in total. The van der Waals surface area contributed by atoms with E-state index in [-0.39, 0.29) is 30.0 Å². The van der Waals surface area contributed by atoms with Crippen molar-refractivity contribution < 1.29 is 17.9 Å². The number of carbonyl (C=O) groups is 1. The highest BCUT2D eigenvalue weighted by atomic mass is 35.5. The van der Waals surface area contributed by atoms with Gasteiger partial charge in [0.15, 0.2) is 9.84 Å². The van der Waals surface area contributed by atoms with Crippen LogP contribution in [-0.2, 0) is 14.6 Å². The van der Waals surface area contributed by atoms with Crippen molar-refractivity contribution in [1.82, 2.24) is 0 Å². The Morgan fingerprint density at radius 3 is 2.63 bits per heavy atom. The first-order valence-electron chi connectivity index (χ1n) is 8.54. The van der Waals surface area contributed by atoms with E-state index in [4.69, 9.17) is 16.3 Å². The molecule has 2 aromatic rings. The van der Waals surface area contributed by atoms with Gasteiger partial charge in [0, 0.05) is 10.7 Å². The van der Waals surface area contributed by atoms with E-state index in [1.54, 1.807) is 23.1 Å². The number of para-hydroxylation sites is 1. The topological polar surface area (TPSA) is 75.7 Å². The highest BCUT2D eigenvalue weighted by molar-refractivity contribution is 7.91. The molecule has 0 spiro atoms. The van der Waals surface area contributed by atoms with Gasteiger partial charge in [-0.15, -0.1) is 0 Å². The van der Waals surface area contributed by atoms with Gasteiger partial charge in [0.05, 0.1) is 36.9 Å². The molecule has 0 saturated carbocycles. The van der Waals surface area contributed by atoms with Crippen molar-refractivity contribution in [1.29, 1.82) is 0 Å². The lowest BCUT2D eigenvalue weighted by Gasteiger charge is -2.28. The molecule has 144 valence electrons. The number of sulfone groups is 1. The fourth-order valence-electron chi connectivity index (χ4n) is 3.20. The lowest BCUT2D eigenvalue weighted by molar-refractivity contribution is -0.117. The van der Waals surface area contributed by atoms with Crippen LogP contribution in [0.25, 0.3) is 0 Å².